The van der Waals surface area contributed by atoms with Crippen LogP contribution >= 0.6 is 11.8 Å². The van der Waals surface area contributed by atoms with E-state index in [4.69, 9.17) is 10.3 Å². The molecule has 0 aliphatic heterocycles. The summed E-state index contributed by atoms with van der Waals surface area (Å²) in [5, 5.41) is 16.9. The average molecular weight is 345 g/mol. The molecular weight excluding hydrogens is 326 g/mol. The van der Waals surface area contributed by atoms with Crippen LogP contribution < -0.4 is 5.48 Å². The van der Waals surface area contributed by atoms with Gasteiger partial charge in [-0.3, -0.25) is 14.8 Å². The summed E-state index contributed by atoms with van der Waals surface area (Å²) in [6.07, 6.45) is -0.0399. The Morgan fingerprint density at radius 3 is 2.21 bits per heavy atom. The molecule has 24 heavy (non-hydrogen) atoms. The third-order valence-electron chi connectivity index (χ3n) is 3.50. The van der Waals surface area contributed by atoms with Crippen molar-refractivity contribution >= 4 is 23.5 Å². The van der Waals surface area contributed by atoms with Crippen LogP contribution in [0.15, 0.2) is 54.6 Å². The van der Waals surface area contributed by atoms with Crippen LogP contribution in [0.1, 0.15) is 16.8 Å². The second-order valence-corrected chi connectivity index (χ2v) is 6.44. The molecule has 0 spiro atoms. The summed E-state index contributed by atoms with van der Waals surface area (Å²) in [5.41, 5.74) is 4.15. The highest BCUT2D eigenvalue weighted by atomic mass is 32.2. The van der Waals surface area contributed by atoms with Crippen molar-refractivity contribution in [2.24, 2.45) is 0 Å². The predicted octanol–water partition coefficient (Wildman–Crippen LogP) is 2.53. The fourth-order valence-corrected chi connectivity index (χ4v) is 3.12. The normalized spacial score (nSPS) is 11.8. The minimum Gasteiger partial charge on any atom is -0.396 e. The van der Waals surface area contributed by atoms with Gasteiger partial charge in [0, 0.05) is 17.7 Å². The summed E-state index contributed by atoms with van der Waals surface area (Å²) in [4.78, 5) is 24.0. The Kier molecular flexibility index (Phi) is 6.99. The maximum atomic E-state index is 12.3. The average Bonchev–Trinajstić information content (AvgIpc) is 2.65. The Morgan fingerprint density at radius 2 is 1.62 bits per heavy atom. The number of ketones is 1. The van der Waals surface area contributed by atoms with Gasteiger partial charge in [-0.15, -0.1) is 11.8 Å². The van der Waals surface area contributed by atoms with Crippen LogP contribution in [-0.4, -0.2) is 39.6 Å². The molecule has 2 aromatic rings. The first-order chi connectivity index (χ1) is 11.7. The molecule has 2 rings (SSSR count). The molecule has 1 unspecified atom stereocenters. The molecule has 0 heterocycles. The van der Waals surface area contributed by atoms with E-state index in [9.17, 15) is 9.59 Å². The molecule has 0 saturated heterocycles. The van der Waals surface area contributed by atoms with Gasteiger partial charge < -0.3 is 5.11 Å². The highest BCUT2D eigenvalue weighted by molar-refractivity contribution is 8.00. The number of hydrogen-bond acceptors (Lipinski definition) is 5. The lowest BCUT2D eigenvalue weighted by atomic mass is 10.0. The Balaban J connectivity index is 2.07. The van der Waals surface area contributed by atoms with Crippen LogP contribution in [0.25, 0.3) is 11.1 Å². The number of aliphatic hydroxyl groups excluding tert-OH is 1. The molecule has 0 bridgehead atoms. The van der Waals surface area contributed by atoms with Crippen LogP contribution in [0.4, 0.5) is 0 Å². The number of nitrogens with one attached hydrogen (secondary N) is 1. The zero-order valence-corrected chi connectivity index (χ0v) is 13.8. The quantitative estimate of drug-likeness (QED) is 0.389. The summed E-state index contributed by atoms with van der Waals surface area (Å²) in [7, 11) is 0. The number of hydrogen-bond donors (Lipinski definition) is 3. The zero-order valence-electron chi connectivity index (χ0n) is 13.0. The number of rotatable bonds is 8. The molecule has 126 valence electrons. The minimum absolute atomic E-state index is 0.0399. The van der Waals surface area contributed by atoms with E-state index in [2.05, 4.69) is 0 Å². The van der Waals surface area contributed by atoms with Gasteiger partial charge in [0.25, 0.3) is 5.91 Å². The minimum atomic E-state index is -0.733. The van der Waals surface area contributed by atoms with Gasteiger partial charge in [-0.2, -0.15) is 0 Å². The largest absolute Gasteiger partial charge is 0.396 e. The maximum absolute atomic E-state index is 12.3. The van der Waals surface area contributed by atoms with Crippen molar-refractivity contribution in [1.82, 2.24) is 5.48 Å². The Morgan fingerprint density at radius 1 is 1.00 bits per heavy atom. The topological polar surface area (TPSA) is 86.6 Å². The molecule has 0 aliphatic rings. The van der Waals surface area contributed by atoms with Gasteiger partial charge >= 0.3 is 0 Å². The third kappa shape index (κ3) is 4.92. The summed E-state index contributed by atoms with van der Waals surface area (Å²) < 4.78 is 0. The molecule has 1 atom stereocenters. The van der Waals surface area contributed by atoms with E-state index in [-0.39, 0.29) is 18.8 Å². The standard InChI is InChI=1S/C18H19NO4S/c20-10-11-24-17(18(22)19-23)12-16(21)15-8-6-14(7-9-15)13-4-2-1-3-5-13/h1-9,17,20,23H,10-12H2,(H,19,22). The molecular formula is C18H19NO4S. The van der Waals surface area contributed by atoms with Gasteiger partial charge in [-0.25, -0.2) is 5.48 Å². The zero-order chi connectivity index (χ0) is 17.4. The Labute approximate surface area is 144 Å². The number of carbonyl (C=O) groups excluding carboxylic acids is 2. The molecule has 1 amide bonds. The Hall–Kier alpha value is -2.15. The summed E-state index contributed by atoms with van der Waals surface area (Å²) >= 11 is 1.13. The SMILES string of the molecule is O=C(CC(SCCO)C(=O)NO)c1ccc(-c2ccccc2)cc1. The van der Waals surface area contributed by atoms with Crippen molar-refractivity contribution in [1.29, 1.82) is 0 Å². The smallest absolute Gasteiger partial charge is 0.256 e. The van der Waals surface area contributed by atoms with Gasteiger partial charge in [0.2, 0.25) is 0 Å². The second-order valence-electron chi connectivity index (χ2n) is 5.13. The van der Waals surface area contributed by atoms with Gasteiger partial charge in [-0.05, 0) is 11.1 Å². The first kappa shape index (κ1) is 18.2. The van der Waals surface area contributed by atoms with Gasteiger partial charge in [0.05, 0.1) is 11.9 Å². The Bertz CT molecular complexity index is 673. The van der Waals surface area contributed by atoms with E-state index in [1.165, 1.54) is 0 Å². The van der Waals surface area contributed by atoms with Crippen LogP contribution in [-0.2, 0) is 4.79 Å². The monoisotopic (exact) mass is 345 g/mol. The number of aliphatic hydroxyl groups is 1. The van der Waals surface area contributed by atoms with Crippen molar-refractivity contribution in [3.8, 4) is 11.1 Å². The predicted molar refractivity (Wildman–Crippen MR) is 94.1 cm³/mol. The third-order valence-corrected chi connectivity index (χ3v) is 4.70. The number of carbonyl (C=O) groups is 2. The number of amides is 1. The molecule has 5 nitrogen and oxygen atoms in total. The first-order valence-electron chi connectivity index (χ1n) is 7.50. The lowest BCUT2D eigenvalue weighted by Gasteiger charge is -2.13. The van der Waals surface area contributed by atoms with E-state index in [1.807, 2.05) is 42.5 Å². The highest BCUT2D eigenvalue weighted by Crippen LogP contribution is 2.22. The van der Waals surface area contributed by atoms with E-state index >= 15 is 0 Å². The lowest BCUT2D eigenvalue weighted by molar-refractivity contribution is -0.128. The second kappa shape index (κ2) is 9.22. The number of benzene rings is 2. The van der Waals surface area contributed by atoms with E-state index in [0.717, 1.165) is 22.9 Å². The van der Waals surface area contributed by atoms with Gasteiger partial charge in [-0.1, -0.05) is 54.6 Å². The number of hydroxylamine groups is 1. The van der Waals surface area contributed by atoms with Crippen molar-refractivity contribution in [2.45, 2.75) is 11.7 Å². The summed E-state index contributed by atoms with van der Waals surface area (Å²) in [6, 6.07) is 17.0. The maximum Gasteiger partial charge on any atom is 0.256 e. The van der Waals surface area contributed by atoms with E-state index in [1.54, 1.807) is 17.6 Å². The van der Waals surface area contributed by atoms with Crippen LogP contribution in [0.3, 0.4) is 0 Å². The molecule has 0 aromatic heterocycles. The van der Waals surface area contributed by atoms with E-state index in [0.29, 0.717) is 11.3 Å². The lowest BCUT2D eigenvalue weighted by Crippen LogP contribution is -2.32. The van der Waals surface area contributed by atoms with Crippen LogP contribution in [0, 0.1) is 0 Å². The number of thioether (sulfide) groups is 1. The fourth-order valence-electron chi connectivity index (χ4n) is 2.26. The molecule has 3 N–H and O–H groups in total. The molecule has 0 aliphatic carbocycles. The van der Waals surface area contributed by atoms with Crippen molar-refractivity contribution in [3.63, 3.8) is 0 Å². The summed E-state index contributed by atoms with van der Waals surface area (Å²) in [6.45, 7) is -0.0974. The molecule has 0 fully saturated rings. The first-order valence-corrected chi connectivity index (χ1v) is 8.55. The van der Waals surface area contributed by atoms with E-state index < -0.39 is 11.2 Å². The summed E-state index contributed by atoms with van der Waals surface area (Å²) in [5.74, 6) is -0.505. The number of Topliss-reactive ketones (excluding diaryl/α,β-unsaturated/α-hetero) is 1. The van der Waals surface area contributed by atoms with Gasteiger partial charge in [0.1, 0.15) is 0 Å². The fraction of sp³-hybridized carbons (Fsp3) is 0.222. The van der Waals surface area contributed by atoms with Gasteiger partial charge in [0.15, 0.2) is 5.78 Å². The molecule has 6 heteroatoms. The molecule has 0 radical (unpaired) electrons. The highest BCUT2D eigenvalue weighted by Gasteiger charge is 2.22. The van der Waals surface area contributed by atoms with Crippen LogP contribution in [0.2, 0.25) is 0 Å². The molecule has 2 aromatic carbocycles. The molecule has 0 saturated carbocycles. The van der Waals surface area contributed by atoms with Crippen molar-refractivity contribution in [2.75, 3.05) is 12.4 Å². The van der Waals surface area contributed by atoms with Crippen LogP contribution in [0.5, 0.6) is 0 Å². The van der Waals surface area contributed by atoms with Crippen molar-refractivity contribution in [3.05, 3.63) is 60.2 Å². The van der Waals surface area contributed by atoms with Crippen molar-refractivity contribution < 1.29 is 19.9 Å².